The molecule has 0 amide bonds. The number of hydrogen-bond donors (Lipinski definition) is 0. The molecule has 0 aliphatic carbocycles. The van der Waals surface area contributed by atoms with Crippen LogP contribution in [-0.2, 0) is 13.1 Å². The molecule has 50 heavy (non-hydrogen) atoms. The smallest absolute Gasteiger partial charge is 0.173 e. The van der Waals surface area contributed by atoms with Crippen molar-refractivity contribution in [3.8, 4) is 11.1 Å². The van der Waals surface area contributed by atoms with E-state index in [0.29, 0.717) is 23.7 Å². The van der Waals surface area contributed by atoms with E-state index in [-0.39, 0.29) is 0 Å². The maximum Gasteiger partial charge on any atom is 0.173 e. The Morgan fingerprint density at radius 2 is 0.740 bits per heavy atom. The molecule has 6 aromatic rings. The van der Waals surface area contributed by atoms with Gasteiger partial charge in [0.15, 0.2) is 37.9 Å². The van der Waals surface area contributed by atoms with Crippen molar-refractivity contribution in [1.29, 1.82) is 0 Å². The zero-order chi connectivity index (χ0) is 34.7. The van der Waals surface area contributed by atoms with Crippen LogP contribution in [0.5, 0.6) is 0 Å². The minimum atomic E-state index is 0.532. The lowest BCUT2D eigenvalue weighted by Gasteiger charge is -2.20. The lowest BCUT2D eigenvalue weighted by atomic mass is 9.84. The first-order valence-corrected chi connectivity index (χ1v) is 18.7. The van der Waals surface area contributed by atoms with Gasteiger partial charge in [-0.3, -0.25) is 0 Å². The van der Waals surface area contributed by atoms with E-state index in [2.05, 4.69) is 195 Å². The number of nitrogens with zero attached hydrogens (tertiary/aromatic N) is 2. The molecule has 0 bridgehead atoms. The van der Waals surface area contributed by atoms with Crippen molar-refractivity contribution < 1.29 is 9.13 Å². The van der Waals surface area contributed by atoms with Gasteiger partial charge in [0.2, 0.25) is 0 Å². The fourth-order valence-electron chi connectivity index (χ4n) is 7.49. The lowest BCUT2D eigenvalue weighted by molar-refractivity contribution is -0.688. The Hall–Kier alpha value is -4.82. The SMILES string of the molecule is CCC(CC(C)c1ccc(C[n+]2ccc(-c3cc[n+](Cc4ccc(C(C)CC(CC)c5ccccc5)cc4)cc3)cc2)cc1)c1ccccc1. The van der Waals surface area contributed by atoms with Crippen LogP contribution in [0.1, 0.15) is 110 Å². The van der Waals surface area contributed by atoms with E-state index in [1.54, 1.807) is 0 Å². The molecular weight excluding hydrogens is 605 g/mol. The molecule has 0 N–H and O–H groups in total. The molecule has 0 spiro atoms. The molecule has 4 aromatic carbocycles. The highest BCUT2D eigenvalue weighted by atomic mass is 14.9. The summed E-state index contributed by atoms with van der Waals surface area (Å²) in [7, 11) is 0. The van der Waals surface area contributed by atoms with Crippen molar-refractivity contribution in [2.75, 3.05) is 0 Å². The summed E-state index contributed by atoms with van der Waals surface area (Å²) >= 11 is 0. The molecule has 2 nitrogen and oxygen atoms in total. The Bertz CT molecular complexity index is 1720. The molecule has 0 fully saturated rings. The van der Waals surface area contributed by atoms with Crippen LogP contribution in [0.15, 0.2) is 158 Å². The highest BCUT2D eigenvalue weighted by molar-refractivity contribution is 5.61. The van der Waals surface area contributed by atoms with Gasteiger partial charge in [0, 0.05) is 35.4 Å². The van der Waals surface area contributed by atoms with Crippen molar-refractivity contribution in [3.63, 3.8) is 0 Å². The van der Waals surface area contributed by atoms with Crippen LogP contribution in [-0.4, -0.2) is 0 Å². The van der Waals surface area contributed by atoms with E-state index in [1.807, 2.05) is 0 Å². The molecule has 0 saturated carbocycles. The summed E-state index contributed by atoms with van der Waals surface area (Å²) in [5.41, 5.74) is 10.9. The van der Waals surface area contributed by atoms with Crippen LogP contribution < -0.4 is 9.13 Å². The second kappa shape index (κ2) is 17.2. The molecule has 4 unspecified atom stereocenters. The van der Waals surface area contributed by atoms with Gasteiger partial charge in [0.25, 0.3) is 0 Å². The summed E-state index contributed by atoms with van der Waals surface area (Å²) in [6, 6.07) is 49.4. The van der Waals surface area contributed by atoms with Gasteiger partial charge in [-0.05, 0) is 82.7 Å². The van der Waals surface area contributed by atoms with Gasteiger partial charge in [0.1, 0.15) is 0 Å². The third-order valence-electron chi connectivity index (χ3n) is 10.7. The summed E-state index contributed by atoms with van der Waals surface area (Å²) < 4.78 is 4.53. The van der Waals surface area contributed by atoms with Gasteiger partial charge in [-0.15, -0.1) is 0 Å². The van der Waals surface area contributed by atoms with Crippen LogP contribution in [0.25, 0.3) is 11.1 Å². The fraction of sp³-hybridized carbons (Fsp3) is 0.292. The molecule has 2 heteroatoms. The van der Waals surface area contributed by atoms with Gasteiger partial charge in [-0.25, -0.2) is 9.13 Å². The first kappa shape index (κ1) is 35.0. The standard InChI is InChI=1S/C48H54N2/c1-5-41(45-13-9-7-10-14-45)33-37(3)43-21-17-39(18-22-43)35-49-29-25-47(26-30-49)48-27-31-50(32-28-48)36-40-19-23-44(24-20-40)38(4)34-42(6-2)46-15-11-8-12-16-46/h7-32,37-38,41-42H,5-6,33-36H2,1-4H3/q+2. The van der Waals surface area contributed by atoms with Crippen LogP contribution in [0.4, 0.5) is 0 Å². The molecule has 2 heterocycles. The molecule has 6 rings (SSSR count). The van der Waals surface area contributed by atoms with E-state index >= 15 is 0 Å². The Balaban J connectivity index is 1.00. The molecule has 0 aliphatic rings. The van der Waals surface area contributed by atoms with E-state index < -0.39 is 0 Å². The van der Waals surface area contributed by atoms with Crippen LogP contribution in [0.3, 0.4) is 0 Å². The maximum atomic E-state index is 2.37. The van der Waals surface area contributed by atoms with Crippen molar-refractivity contribution in [2.24, 2.45) is 0 Å². The van der Waals surface area contributed by atoms with Crippen LogP contribution in [0.2, 0.25) is 0 Å². The fourth-order valence-corrected chi connectivity index (χ4v) is 7.49. The number of benzene rings is 4. The van der Waals surface area contributed by atoms with Crippen molar-refractivity contribution >= 4 is 0 Å². The first-order chi connectivity index (χ1) is 24.5. The third-order valence-corrected chi connectivity index (χ3v) is 10.7. The molecule has 4 atom stereocenters. The summed E-state index contributed by atoms with van der Waals surface area (Å²) in [4.78, 5) is 0. The monoisotopic (exact) mass is 658 g/mol. The molecule has 0 saturated heterocycles. The second-order valence-corrected chi connectivity index (χ2v) is 14.3. The molecule has 0 aliphatic heterocycles. The Kier molecular flexibility index (Phi) is 12.1. The second-order valence-electron chi connectivity index (χ2n) is 14.3. The van der Waals surface area contributed by atoms with Gasteiger partial charge in [-0.2, -0.15) is 0 Å². The predicted octanol–water partition coefficient (Wildman–Crippen LogP) is 11.4. The minimum Gasteiger partial charge on any atom is -0.201 e. The van der Waals surface area contributed by atoms with Gasteiger partial charge >= 0.3 is 0 Å². The Morgan fingerprint density at radius 3 is 1.06 bits per heavy atom. The molecular formula is C48H54N2+2. The highest BCUT2D eigenvalue weighted by Crippen LogP contribution is 2.33. The van der Waals surface area contributed by atoms with Gasteiger partial charge in [0.05, 0.1) is 0 Å². The van der Waals surface area contributed by atoms with Gasteiger partial charge < -0.3 is 0 Å². The Morgan fingerprint density at radius 1 is 0.400 bits per heavy atom. The summed E-state index contributed by atoms with van der Waals surface area (Å²) in [5, 5.41) is 0. The van der Waals surface area contributed by atoms with Crippen molar-refractivity contribution in [1.82, 2.24) is 0 Å². The first-order valence-electron chi connectivity index (χ1n) is 18.7. The third kappa shape index (κ3) is 9.24. The Labute approximate surface area is 301 Å². The number of hydrogen-bond acceptors (Lipinski definition) is 0. The normalized spacial score (nSPS) is 13.8. The average Bonchev–Trinajstić information content (AvgIpc) is 3.17. The molecule has 0 radical (unpaired) electrons. The zero-order valence-electron chi connectivity index (χ0n) is 30.5. The largest absolute Gasteiger partial charge is 0.201 e. The average molecular weight is 659 g/mol. The van der Waals surface area contributed by atoms with Crippen molar-refractivity contribution in [2.45, 2.75) is 90.1 Å². The molecule has 254 valence electrons. The van der Waals surface area contributed by atoms with Gasteiger partial charge in [-0.1, -0.05) is 137 Å². The van der Waals surface area contributed by atoms with E-state index in [1.165, 1.54) is 70.2 Å². The van der Waals surface area contributed by atoms with E-state index in [4.69, 9.17) is 0 Å². The minimum absolute atomic E-state index is 0.532. The van der Waals surface area contributed by atoms with E-state index in [0.717, 1.165) is 13.1 Å². The van der Waals surface area contributed by atoms with Crippen LogP contribution >= 0.6 is 0 Å². The molecule has 2 aromatic heterocycles. The summed E-state index contributed by atoms with van der Waals surface area (Å²) in [6.07, 6.45) is 13.5. The number of aromatic nitrogens is 2. The zero-order valence-corrected chi connectivity index (χ0v) is 30.5. The topological polar surface area (TPSA) is 7.76 Å². The van der Waals surface area contributed by atoms with Crippen molar-refractivity contribution in [3.05, 3.63) is 192 Å². The predicted molar refractivity (Wildman–Crippen MR) is 208 cm³/mol. The summed E-state index contributed by atoms with van der Waals surface area (Å²) in [5.74, 6) is 2.27. The number of rotatable bonds is 15. The van der Waals surface area contributed by atoms with Crippen LogP contribution in [0, 0.1) is 0 Å². The highest BCUT2D eigenvalue weighted by Gasteiger charge is 2.17. The quantitative estimate of drug-likeness (QED) is 0.0970. The van der Waals surface area contributed by atoms with E-state index in [9.17, 15) is 0 Å². The maximum absolute atomic E-state index is 2.37. The summed E-state index contributed by atoms with van der Waals surface area (Å²) in [6.45, 7) is 11.1. The lowest BCUT2D eigenvalue weighted by Crippen LogP contribution is -2.33. The number of pyridine rings is 2.